The molecule has 0 bridgehead atoms. The summed E-state index contributed by atoms with van der Waals surface area (Å²) in [6.45, 7) is 1.85. The molecule has 3 aromatic rings. The quantitative estimate of drug-likeness (QED) is 0.674. The summed E-state index contributed by atoms with van der Waals surface area (Å²) in [6.07, 6.45) is -0.728. The second kappa shape index (κ2) is 7.99. The number of aliphatic hydroxyl groups excluding tert-OH is 1. The van der Waals surface area contributed by atoms with Crippen LogP contribution in [0.1, 0.15) is 41.6 Å². The number of rotatable bonds is 6. The molecule has 0 spiro atoms. The first-order valence-corrected chi connectivity index (χ1v) is 9.80. The number of aliphatic hydroxyl groups is 1. The number of hydrogen-bond acceptors (Lipinski definition) is 2. The summed E-state index contributed by atoms with van der Waals surface area (Å²) in [5.74, 6) is 0.231. The van der Waals surface area contributed by atoms with Crippen LogP contribution in [0.15, 0.2) is 91.0 Å². The highest BCUT2D eigenvalue weighted by Gasteiger charge is 2.56. The first-order valence-electron chi connectivity index (χ1n) is 9.80. The molecule has 3 heteroatoms. The van der Waals surface area contributed by atoms with E-state index < -0.39 is 6.10 Å². The molecule has 142 valence electrons. The van der Waals surface area contributed by atoms with E-state index in [4.69, 9.17) is 0 Å². The molecule has 1 fully saturated rings. The van der Waals surface area contributed by atoms with Gasteiger partial charge in [0.05, 0.1) is 18.1 Å². The van der Waals surface area contributed by atoms with Gasteiger partial charge in [-0.3, -0.25) is 4.79 Å². The van der Waals surface area contributed by atoms with Crippen molar-refractivity contribution in [3.63, 3.8) is 0 Å². The van der Waals surface area contributed by atoms with Crippen LogP contribution in [0.3, 0.4) is 0 Å². The SMILES string of the molecule is C[C@H](NC(=O)C1[C@@H](c2ccccc2)[C@H]1c1ccccc1)[C@H](O)c1ccccc1. The minimum atomic E-state index is -0.728. The van der Waals surface area contributed by atoms with Crippen LogP contribution in [0.4, 0.5) is 0 Å². The Morgan fingerprint density at radius 3 is 1.68 bits per heavy atom. The van der Waals surface area contributed by atoms with Gasteiger partial charge in [0.2, 0.25) is 5.91 Å². The van der Waals surface area contributed by atoms with Gasteiger partial charge >= 0.3 is 0 Å². The normalized spacial score (nSPS) is 22.9. The van der Waals surface area contributed by atoms with Gasteiger partial charge in [-0.1, -0.05) is 91.0 Å². The van der Waals surface area contributed by atoms with Gasteiger partial charge in [-0.05, 0) is 23.6 Å². The Hall–Kier alpha value is -2.91. The van der Waals surface area contributed by atoms with Gasteiger partial charge in [0, 0.05) is 11.8 Å². The Kier molecular flexibility index (Phi) is 5.27. The van der Waals surface area contributed by atoms with Crippen molar-refractivity contribution >= 4 is 5.91 Å². The van der Waals surface area contributed by atoms with E-state index in [0.717, 1.165) is 5.56 Å². The fraction of sp³-hybridized carbons (Fsp3) is 0.240. The molecule has 1 amide bonds. The third-order valence-electron chi connectivity index (χ3n) is 5.68. The molecule has 1 aliphatic rings. The lowest BCUT2D eigenvalue weighted by molar-refractivity contribution is -0.124. The topological polar surface area (TPSA) is 49.3 Å². The summed E-state index contributed by atoms with van der Waals surface area (Å²) < 4.78 is 0. The molecule has 2 N–H and O–H groups in total. The lowest BCUT2D eigenvalue weighted by Gasteiger charge is -2.21. The lowest BCUT2D eigenvalue weighted by atomic mass is 10.0. The molecule has 1 saturated carbocycles. The molecule has 1 aliphatic carbocycles. The summed E-state index contributed by atoms with van der Waals surface area (Å²) in [6, 6.07) is 29.6. The fourth-order valence-electron chi connectivity index (χ4n) is 4.16. The van der Waals surface area contributed by atoms with Crippen molar-refractivity contribution in [1.29, 1.82) is 0 Å². The number of amides is 1. The van der Waals surface area contributed by atoms with Crippen molar-refractivity contribution in [1.82, 2.24) is 5.32 Å². The molecule has 4 rings (SSSR count). The van der Waals surface area contributed by atoms with E-state index in [9.17, 15) is 9.90 Å². The maximum absolute atomic E-state index is 13.1. The van der Waals surface area contributed by atoms with Crippen LogP contribution in [-0.2, 0) is 4.79 Å². The molecular weight excluding hydrogens is 346 g/mol. The van der Waals surface area contributed by atoms with Gasteiger partial charge in [0.15, 0.2) is 0 Å². The number of carbonyl (C=O) groups excluding carboxylic acids is 1. The zero-order valence-electron chi connectivity index (χ0n) is 15.9. The third kappa shape index (κ3) is 3.71. The zero-order valence-corrected chi connectivity index (χ0v) is 15.9. The average Bonchev–Trinajstić information content (AvgIpc) is 3.51. The van der Waals surface area contributed by atoms with E-state index in [1.54, 1.807) is 0 Å². The molecule has 0 saturated heterocycles. The van der Waals surface area contributed by atoms with Crippen LogP contribution in [-0.4, -0.2) is 17.1 Å². The van der Waals surface area contributed by atoms with Crippen LogP contribution in [0, 0.1) is 5.92 Å². The molecule has 28 heavy (non-hydrogen) atoms. The monoisotopic (exact) mass is 371 g/mol. The number of carbonyl (C=O) groups is 1. The standard InChI is InChI=1S/C25H25NO2/c1-17(24(27)20-15-9-4-10-16-20)26-25(28)23-21(18-11-5-2-6-12-18)22(23)19-13-7-3-8-14-19/h2-17,21-24,27H,1H3,(H,26,28)/t17-,21-,22+,23?,24-/m0/s1. The summed E-state index contributed by atoms with van der Waals surface area (Å²) in [5, 5.41) is 13.6. The highest BCUT2D eigenvalue weighted by atomic mass is 16.3. The van der Waals surface area contributed by atoms with Crippen molar-refractivity contribution in [3.8, 4) is 0 Å². The van der Waals surface area contributed by atoms with E-state index in [0.29, 0.717) is 0 Å². The molecule has 0 aromatic heterocycles. The maximum atomic E-state index is 13.1. The number of nitrogens with one attached hydrogen (secondary N) is 1. The van der Waals surface area contributed by atoms with Gasteiger partial charge in [-0.15, -0.1) is 0 Å². The largest absolute Gasteiger partial charge is 0.386 e. The molecular formula is C25H25NO2. The fourth-order valence-corrected chi connectivity index (χ4v) is 4.16. The van der Waals surface area contributed by atoms with E-state index in [-0.39, 0.29) is 29.7 Å². The number of hydrogen-bond donors (Lipinski definition) is 2. The van der Waals surface area contributed by atoms with Crippen LogP contribution in [0.5, 0.6) is 0 Å². The van der Waals surface area contributed by atoms with Crippen molar-refractivity contribution in [2.45, 2.75) is 30.9 Å². The van der Waals surface area contributed by atoms with Crippen LogP contribution in [0.25, 0.3) is 0 Å². The summed E-state index contributed by atoms with van der Waals surface area (Å²) in [5.41, 5.74) is 3.19. The molecule has 5 atom stereocenters. The highest BCUT2D eigenvalue weighted by molar-refractivity contribution is 5.85. The van der Waals surface area contributed by atoms with Crippen molar-refractivity contribution in [2.75, 3.05) is 0 Å². The van der Waals surface area contributed by atoms with Crippen LogP contribution in [0.2, 0.25) is 0 Å². The van der Waals surface area contributed by atoms with Gasteiger partial charge in [0.25, 0.3) is 0 Å². The minimum Gasteiger partial charge on any atom is -0.386 e. The Morgan fingerprint density at radius 1 is 0.786 bits per heavy atom. The zero-order chi connectivity index (χ0) is 19.5. The van der Waals surface area contributed by atoms with E-state index in [1.165, 1.54) is 11.1 Å². The first kappa shape index (κ1) is 18.5. The predicted molar refractivity (Wildman–Crippen MR) is 111 cm³/mol. The third-order valence-corrected chi connectivity index (χ3v) is 5.68. The minimum absolute atomic E-state index is 0.00480. The molecule has 3 aromatic carbocycles. The highest BCUT2D eigenvalue weighted by Crippen LogP contribution is 2.60. The van der Waals surface area contributed by atoms with Gasteiger partial charge in [-0.25, -0.2) is 0 Å². The predicted octanol–water partition coefficient (Wildman–Crippen LogP) is 4.42. The Labute approximate surface area is 166 Å². The van der Waals surface area contributed by atoms with Crippen molar-refractivity contribution in [2.24, 2.45) is 5.92 Å². The smallest absolute Gasteiger partial charge is 0.224 e. The van der Waals surface area contributed by atoms with E-state index in [1.807, 2.05) is 73.7 Å². The summed E-state index contributed by atoms with van der Waals surface area (Å²) >= 11 is 0. The Morgan fingerprint density at radius 2 is 1.21 bits per heavy atom. The van der Waals surface area contributed by atoms with Crippen LogP contribution < -0.4 is 5.32 Å². The van der Waals surface area contributed by atoms with Gasteiger partial charge in [0.1, 0.15) is 0 Å². The Balaban J connectivity index is 1.52. The second-order valence-electron chi connectivity index (χ2n) is 7.55. The second-order valence-corrected chi connectivity index (χ2v) is 7.55. The maximum Gasteiger partial charge on any atom is 0.224 e. The van der Waals surface area contributed by atoms with Gasteiger partial charge < -0.3 is 10.4 Å². The lowest BCUT2D eigenvalue weighted by Crippen LogP contribution is -2.38. The molecule has 1 unspecified atom stereocenters. The average molecular weight is 371 g/mol. The van der Waals surface area contributed by atoms with Crippen molar-refractivity contribution in [3.05, 3.63) is 108 Å². The van der Waals surface area contributed by atoms with Gasteiger partial charge in [-0.2, -0.15) is 0 Å². The number of benzene rings is 3. The van der Waals surface area contributed by atoms with Crippen LogP contribution >= 0.6 is 0 Å². The molecule has 3 nitrogen and oxygen atoms in total. The molecule has 0 heterocycles. The molecule has 0 aliphatic heterocycles. The summed E-state index contributed by atoms with van der Waals surface area (Å²) in [4.78, 5) is 13.1. The first-order chi connectivity index (χ1) is 13.7. The van der Waals surface area contributed by atoms with E-state index >= 15 is 0 Å². The van der Waals surface area contributed by atoms with Crippen molar-refractivity contribution < 1.29 is 9.90 Å². The summed E-state index contributed by atoms with van der Waals surface area (Å²) in [7, 11) is 0. The Bertz CT molecular complexity index is 866. The van der Waals surface area contributed by atoms with E-state index in [2.05, 4.69) is 29.6 Å². The molecule has 0 radical (unpaired) electrons.